The number of halogens is 1. The highest BCUT2D eigenvalue weighted by Gasteiger charge is 2.07. The highest BCUT2D eigenvalue weighted by atomic mass is 79.9. The quantitative estimate of drug-likeness (QED) is 0.701. The molecule has 2 aromatic carbocycles. The number of imidazole rings is 1. The van der Waals surface area contributed by atoms with Crippen molar-refractivity contribution in [2.24, 2.45) is 0 Å². The fraction of sp³-hybridized carbons (Fsp3) is 0.0714. The van der Waals surface area contributed by atoms with Gasteiger partial charge in [0.1, 0.15) is 5.75 Å². The summed E-state index contributed by atoms with van der Waals surface area (Å²) in [6.45, 7) is 0. The fourth-order valence-corrected chi connectivity index (χ4v) is 2.63. The maximum Gasteiger partial charge on any atom is 0.182 e. The molecule has 1 heterocycles. The lowest BCUT2D eigenvalue weighted by Crippen LogP contribution is -1.93. The van der Waals surface area contributed by atoms with E-state index in [0.717, 1.165) is 26.9 Å². The van der Waals surface area contributed by atoms with E-state index in [-0.39, 0.29) is 0 Å². The van der Waals surface area contributed by atoms with Gasteiger partial charge in [-0.3, -0.25) is 4.57 Å². The number of hydrogen-bond acceptors (Lipinski definition) is 2. The second-order valence-electron chi connectivity index (χ2n) is 4.13. The molecule has 0 saturated heterocycles. The Bertz CT molecular complexity index is 789. The summed E-state index contributed by atoms with van der Waals surface area (Å²) in [6.07, 6.45) is 0. The molecule has 3 nitrogen and oxygen atoms in total. The first-order chi connectivity index (χ1) is 9.19. The van der Waals surface area contributed by atoms with E-state index in [0.29, 0.717) is 4.77 Å². The Morgan fingerprint density at radius 1 is 1.16 bits per heavy atom. The zero-order valence-electron chi connectivity index (χ0n) is 10.2. The third kappa shape index (κ3) is 2.19. The average Bonchev–Trinajstić information content (AvgIpc) is 2.75. The van der Waals surface area contributed by atoms with E-state index in [1.807, 2.05) is 47.0 Å². The number of aromatic amines is 1. The van der Waals surface area contributed by atoms with Gasteiger partial charge in [-0.05, 0) is 48.6 Å². The molecule has 0 spiro atoms. The monoisotopic (exact) mass is 334 g/mol. The summed E-state index contributed by atoms with van der Waals surface area (Å²) in [4.78, 5) is 3.20. The number of H-pyrrole nitrogens is 1. The SMILES string of the molecule is COc1ccc2[nH]c(=S)n(-c3ccc(Br)cc3)c2c1. The van der Waals surface area contributed by atoms with E-state index >= 15 is 0 Å². The molecule has 0 unspecified atom stereocenters. The largest absolute Gasteiger partial charge is 0.497 e. The topological polar surface area (TPSA) is 29.9 Å². The smallest absolute Gasteiger partial charge is 0.182 e. The summed E-state index contributed by atoms with van der Waals surface area (Å²) in [5.74, 6) is 0.812. The van der Waals surface area contributed by atoms with Gasteiger partial charge in [0, 0.05) is 16.2 Å². The van der Waals surface area contributed by atoms with E-state index in [9.17, 15) is 0 Å². The lowest BCUT2D eigenvalue weighted by atomic mass is 10.2. The van der Waals surface area contributed by atoms with E-state index in [4.69, 9.17) is 17.0 Å². The molecular weight excluding hydrogens is 324 g/mol. The second-order valence-corrected chi connectivity index (χ2v) is 5.43. The summed E-state index contributed by atoms with van der Waals surface area (Å²) in [6, 6.07) is 13.9. The van der Waals surface area contributed by atoms with Gasteiger partial charge in [-0.15, -0.1) is 0 Å². The van der Waals surface area contributed by atoms with Crippen molar-refractivity contribution >= 4 is 39.2 Å². The van der Waals surface area contributed by atoms with Gasteiger partial charge in [-0.25, -0.2) is 0 Å². The number of nitrogens with one attached hydrogen (secondary N) is 1. The van der Waals surface area contributed by atoms with Gasteiger partial charge in [0.05, 0.1) is 18.1 Å². The minimum Gasteiger partial charge on any atom is -0.497 e. The van der Waals surface area contributed by atoms with Crippen molar-refractivity contribution < 1.29 is 4.74 Å². The number of rotatable bonds is 2. The van der Waals surface area contributed by atoms with Crippen molar-refractivity contribution in [3.05, 3.63) is 51.7 Å². The number of ether oxygens (including phenoxy) is 1. The number of methoxy groups -OCH3 is 1. The van der Waals surface area contributed by atoms with Crippen LogP contribution in [0.4, 0.5) is 0 Å². The number of fused-ring (bicyclic) bond motifs is 1. The van der Waals surface area contributed by atoms with E-state index in [1.165, 1.54) is 0 Å². The number of benzene rings is 2. The third-order valence-corrected chi connectivity index (χ3v) is 3.79. The van der Waals surface area contributed by atoms with Crippen molar-refractivity contribution in [2.75, 3.05) is 7.11 Å². The van der Waals surface area contributed by atoms with Crippen LogP contribution in [0.2, 0.25) is 0 Å². The van der Waals surface area contributed by atoms with Gasteiger partial charge in [0.2, 0.25) is 0 Å². The van der Waals surface area contributed by atoms with Gasteiger partial charge in [-0.2, -0.15) is 0 Å². The maximum atomic E-state index is 5.40. The normalized spacial score (nSPS) is 10.8. The highest BCUT2D eigenvalue weighted by molar-refractivity contribution is 9.10. The Labute approximate surface area is 124 Å². The lowest BCUT2D eigenvalue weighted by Gasteiger charge is -2.06. The Kier molecular flexibility index (Phi) is 3.16. The Morgan fingerprint density at radius 2 is 1.89 bits per heavy atom. The van der Waals surface area contributed by atoms with Gasteiger partial charge in [0.25, 0.3) is 0 Å². The summed E-state index contributed by atoms with van der Waals surface area (Å²) < 4.78 is 8.99. The van der Waals surface area contributed by atoms with Gasteiger partial charge >= 0.3 is 0 Å². The first-order valence-electron chi connectivity index (χ1n) is 5.74. The molecule has 3 rings (SSSR count). The van der Waals surface area contributed by atoms with Gasteiger partial charge in [0.15, 0.2) is 4.77 Å². The van der Waals surface area contributed by atoms with Crippen molar-refractivity contribution in [3.8, 4) is 11.4 Å². The summed E-state index contributed by atoms with van der Waals surface area (Å²) in [5.41, 5.74) is 3.02. The number of aromatic nitrogens is 2. The van der Waals surface area contributed by atoms with E-state index in [1.54, 1.807) is 7.11 Å². The van der Waals surface area contributed by atoms with E-state index in [2.05, 4.69) is 20.9 Å². The molecule has 5 heteroatoms. The molecule has 0 fully saturated rings. The third-order valence-electron chi connectivity index (χ3n) is 2.98. The Balaban J connectivity index is 2.30. The van der Waals surface area contributed by atoms with Crippen LogP contribution in [-0.2, 0) is 0 Å². The molecule has 0 radical (unpaired) electrons. The van der Waals surface area contributed by atoms with Gasteiger partial charge < -0.3 is 9.72 Å². The summed E-state index contributed by atoms with van der Waals surface area (Å²) >= 11 is 8.84. The van der Waals surface area contributed by atoms with Crippen LogP contribution >= 0.6 is 28.1 Å². The van der Waals surface area contributed by atoms with Crippen LogP contribution in [-0.4, -0.2) is 16.7 Å². The first kappa shape index (κ1) is 12.4. The first-order valence-corrected chi connectivity index (χ1v) is 6.94. The standard InChI is InChI=1S/C14H11BrN2OS/c1-18-11-6-7-12-13(8-11)17(14(19)16-12)10-4-2-9(15)3-5-10/h2-8H,1H3,(H,16,19). The van der Waals surface area contributed by atoms with Crippen molar-refractivity contribution in [1.29, 1.82) is 0 Å². The molecule has 19 heavy (non-hydrogen) atoms. The molecule has 0 amide bonds. The molecule has 1 N–H and O–H groups in total. The molecule has 0 saturated carbocycles. The van der Waals surface area contributed by atoms with Crippen molar-refractivity contribution in [3.63, 3.8) is 0 Å². The van der Waals surface area contributed by atoms with Crippen LogP contribution in [0.1, 0.15) is 0 Å². The molecule has 0 bridgehead atoms. The Morgan fingerprint density at radius 3 is 2.58 bits per heavy atom. The van der Waals surface area contributed by atoms with Crippen LogP contribution in [0.3, 0.4) is 0 Å². The molecule has 3 aromatic rings. The molecule has 0 aliphatic rings. The predicted octanol–water partition coefficient (Wildman–Crippen LogP) is 4.46. The molecular formula is C14H11BrN2OS. The van der Waals surface area contributed by atoms with Crippen LogP contribution in [0.25, 0.3) is 16.7 Å². The molecule has 0 aliphatic carbocycles. The lowest BCUT2D eigenvalue weighted by molar-refractivity contribution is 0.415. The molecule has 0 atom stereocenters. The number of nitrogens with zero attached hydrogens (tertiary/aromatic N) is 1. The fourth-order valence-electron chi connectivity index (χ4n) is 2.06. The van der Waals surface area contributed by atoms with E-state index < -0.39 is 0 Å². The maximum absolute atomic E-state index is 5.40. The van der Waals surface area contributed by atoms with Crippen LogP contribution in [0.5, 0.6) is 5.75 Å². The summed E-state index contributed by atoms with van der Waals surface area (Å²) in [5, 5.41) is 0. The summed E-state index contributed by atoms with van der Waals surface area (Å²) in [7, 11) is 1.66. The zero-order chi connectivity index (χ0) is 13.4. The second kappa shape index (κ2) is 4.83. The molecule has 0 aliphatic heterocycles. The van der Waals surface area contributed by atoms with Crippen molar-refractivity contribution in [2.45, 2.75) is 0 Å². The predicted molar refractivity (Wildman–Crippen MR) is 82.7 cm³/mol. The number of hydrogen-bond donors (Lipinski definition) is 1. The minimum atomic E-state index is 0.672. The van der Waals surface area contributed by atoms with Crippen molar-refractivity contribution in [1.82, 2.24) is 9.55 Å². The van der Waals surface area contributed by atoms with Gasteiger partial charge in [-0.1, -0.05) is 15.9 Å². The molecule has 96 valence electrons. The Hall–Kier alpha value is -1.59. The zero-order valence-corrected chi connectivity index (χ0v) is 12.6. The molecule has 1 aromatic heterocycles. The minimum absolute atomic E-state index is 0.672. The van der Waals surface area contributed by atoms with Crippen LogP contribution in [0.15, 0.2) is 46.9 Å². The van der Waals surface area contributed by atoms with Crippen LogP contribution < -0.4 is 4.74 Å². The average molecular weight is 335 g/mol. The highest BCUT2D eigenvalue weighted by Crippen LogP contribution is 2.24. The van der Waals surface area contributed by atoms with Crippen LogP contribution in [0, 0.1) is 4.77 Å².